The van der Waals surface area contributed by atoms with Crippen molar-refractivity contribution in [3.05, 3.63) is 59.7 Å². The number of hydrogen-bond donors (Lipinski definition) is 1. The summed E-state index contributed by atoms with van der Waals surface area (Å²) >= 11 is 0. The molecule has 0 saturated heterocycles. The normalized spacial score (nSPS) is 11.6. The number of benzene rings is 2. The smallest absolute Gasteiger partial charge is 0.416 e. The van der Waals surface area contributed by atoms with Crippen molar-refractivity contribution in [1.82, 2.24) is 0 Å². The van der Waals surface area contributed by atoms with Crippen LogP contribution in [0, 0.1) is 0 Å². The lowest BCUT2D eigenvalue weighted by molar-refractivity contribution is -0.137. The van der Waals surface area contributed by atoms with Crippen molar-refractivity contribution >= 4 is 33.3 Å². The average molecular weight is 444 g/mol. The van der Waals surface area contributed by atoms with Crippen LogP contribution < -0.4 is 9.62 Å². The summed E-state index contributed by atoms with van der Waals surface area (Å²) in [5.41, 5.74) is -0.449. The second-order valence-electron chi connectivity index (χ2n) is 6.16. The molecule has 0 unspecified atom stereocenters. The van der Waals surface area contributed by atoms with Gasteiger partial charge in [-0.15, -0.1) is 0 Å². The second kappa shape index (κ2) is 9.16. The molecule has 162 valence electrons. The van der Waals surface area contributed by atoms with Crippen molar-refractivity contribution in [3.8, 4) is 0 Å². The highest BCUT2D eigenvalue weighted by Gasteiger charge is 2.30. The third-order valence-electron chi connectivity index (χ3n) is 3.85. The Morgan fingerprint density at radius 3 is 2.07 bits per heavy atom. The molecule has 0 bridgehead atoms. The summed E-state index contributed by atoms with van der Waals surface area (Å²) in [6.45, 7) is 1.23. The molecule has 30 heavy (non-hydrogen) atoms. The van der Waals surface area contributed by atoms with E-state index in [1.54, 1.807) is 6.92 Å². The minimum atomic E-state index is -4.57. The highest BCUT2D eigenvalue weighted by atomic mass is 32.2. The topological polar surface area (TPSA) is 92.8 Å². The molecular weight excluding hydrogens is 425 g/mol. The van der Waals surface area contributed by atoms with Gasteiger partial charge in [-0.25, -0.2) is 13.2 Å². The molecule has 1 amide bonds. The fourth-order valence-electron chi connectivity index (χ4n) is 2.45. The number of carbonyl (C=O) groups is 2. The predicted molar refractivity (Wildman–Crippen MR) is 105 cm³/mol. The summed E-state index contributed by atoms with van der Waals surface area (Å²) in [4.78, 5) is 23.9. The zero-order valence-corrected chi connectivity index (χ0v) is 16.9. The maximum Gasteiger partial charge on any atom is 0.416 e. The van der Waals surface area contributed by atoms with Gasteiger partial charge in [-0.1, -0.05) is 0 Å². The summed E-state index contributed by atoms with van der Waals surface area (Å²) in [6.07, 6.45) is -3.73. The standard InChI is InChI=1S/C19H19F3N2O5S/c1-3-29-18(26)13-4-8-15(9-5-13)23-17(25)12-24(30(2,27)28)16-10-6-14(7-11-16)19(20,21)22/h4-11H,3,12H2,1-2H3,(H,23,25). The van der Waals surface area contributed by atoms with Gasteiger partial charge in [0.1, 0.15) is 6.54 Å². The molecule has 1 N–H and O–H groups in total. The molecule has 11 heteroatoms. The number of anilines is 2. The summed E-state index contributed by atoms with van der Waals surface area (Å²) in [7, 11) is -3.95. The third-order valence-corrected chi connectivity index (χ3v) is 4.99. The van der Waals surface area contributed by atoms with Gasteiger partial charge >= 0.3 is 12.1 Å². The Hall–Kier alpha value is -3.08. The van der Waals surface area contributed by atoms with Crippen LogP contribution in [0.1, 0.15) is 22.8 Å². The molecule has 2 aromatic rings. The van der Waals surface area contributed by atoms with Crippen molar-refractivity contribution in [3.63, 3.8) is 0 Å². The molecule has 0 fully saturated rings. The first-order valence-electron chi connectivity index (χ1n) is 8.64. The predicted octanol–water partition coefficient (Wildman–Crippen LogP) is 3.29. The van der Waals surface area contributed by atoms with Gasteiger partial charge in [-0.3, -0.25) is 9.10 Å². The summed E-state index contributed by atoms with van der Waals surface area (Å²) in [6, 6.07) is 9.16. The number of hydrogen-bond acceptors (Lipinski definition) is 5. The molecule has 0 spiro atoms. The zero-order chi connectivity index (χ0) is 22.5. The largest absolute Gasteiger partial charge is 0.462 e. The van der Waals surface area contributed by atoms with Crippen LogP contribution in [0.3, 0.4) is 0 Å². The third kappa shape index (κ3) is 6.21. The molecule has 0 atom stereocenters. The Bertz CT molecular complexity index is 1000. The Morgan fingerprint density at radius 1 is 1.03 bits per heavy atom. The Kier molecular flexibility index (Phi) is 7.08. The van der Waals surface area contributed by atoms with Gasteiger partial charge in [-0.2, -0.15) is 13.2 Å². The van der Waals surface area contributed by atoms with Gasteiger partial charge in [0.15, 0.2) is 0 Å². The van der Waals surface area contributed by atoms with Crippen LogP contribution in [0.5, 0.6) is 0 Å². The fourth-order valence-corrected chi connectivity index (χ4v) is 3.31. The lowest BCUT2D eigenvalue weighted by Crippen LogP contribution is -2.37. The molecule has 0 saturated carbocycles. The van der Waals surface area contributed by atoms with Crippen LogP contribution >= 0.6 is 0 Å². The highest BCUT2D eigenvalue weighted by Crippen LogP contribution is 2.31. The first-order valence-corrected chi connectivity index (χ1v) is 10.5. The molecule has 7 nitrogen and oxygen atoms in total. The van der Waals surface area contributed by atoms with E-state index in [0.717, 1.165) is 30.5 Å². The van der Waals surface area contributed by atoms with Gasteiger partial charge in [0.2, 0.25) is 15.9 Å². The van der Waals surface area contributed by atoms with Crippen LogP contribution in [0.15, 0.2) is 48.5 Å². The number of nitrogens with one attached hydrogen (secondary N) is 1. The van der Waals surface area contributed by atoms with E-state index in [2.05, 4.69) is 5.32 Å². The molecule has 0 aliphatic rings. The molecular formula is C19H19F3N2O5S. The second-order valence-corrected chi connectivity index (χ2v) is 8.07. The maximum absolute atomic E-state index is 12.7. The number of alkyl halides is 3. The molecule has 0 aliphatic carbocycles. The van der Waals surface area contributed by atoms with Crippen LogP contribution in [-0.2, 0) is 25.7 Å². The number of esters is 1. The average Bonchev–Trinajstić information content (AvgIpc) is 2.65. The van der Waals surface area contributed by atoms with Gasteiger partial charge in [0.05, 0.1) is 29.7 Å². The number of halogens is 3. The summed E-state index contributed by atoms with van der Waals surface area (Å²) < 4.78 is 67.8. The van der Waals surface area contributed by atoms with E-state index in [1.807, 2.05) is 0 Å². The van der Waals surface area contributed by atoms with Gasteiger partial charge in [0.25, 0.3) is 0 Å². The zero-order valence-electron chi connectivity index (χ0n) is 16.1. The van der Waals surface area contributed by atoms with Crippen molar-refractivity contribution in [2.45, 2.75) is 13.1 Å². The molecule has 0 heterocycles. The SMILES string of the molecule is CCOC(=O)c1ccc(NC(=O)CN(c2ccc(C(F)(F)F)cc2)S(C)(=O)=O)cc1. The van der Waals surface area contributed by atoms with E-state index in [0.29, 0.717) is 9.99 Å². The first-order chi connectivity index (χ1) is 13.9. The molecule has 0 radical (unpaired) electrons. The fraction of sp³-hybridized carbons (Fsp3) is 0.263. The van der Waals surface area contributed by atoms with Crippen LogP contribution in [0.2, 0.25) is 0 Å². The number of nitrogens with zero attached hydrogens (tertiary/aromatic N) is 1. The molecule has 0 aromatic heterocycles. The lowest BCUT2D eigenvalue weighted by Gasteiger charge is -2.22. The number of sulfonamides is 1. The van der Waals surface area contributed by atoms with Gasteiger partial charge in [0, 0.05) is 5.69 Å². The van der Waals surface area contributed by atoms with Crippen molar-refractivity contribution in [1.29, 1.82) is 0 Å². The molecule has 2 aromatic carbocycles. The quantitative estimate of drug-likeness (QED) is 0.662. The van der Waals surface area contributed by atoms with Crippen LogP contribution in [0.4, 0.5) is 24.5 Å². The molecule has 0 aliphatic heterocycles. The molecule has 2 rings (SSSR count). The van der Waals surface area contributed by atoms with Gasteiger partial charge < -0.3 is 10.1 Å². The monoisotopic (exact) mass is 444 g/mol. The summed E-state index contributed by atoms with van der Waals surface area (Å²) in [5, 5.41) is 2.47. The summed E-state index contributed by atoms with van der Waals surface area (Å²) in [5.74, 6) is -1.25. The number of amides is 1. The van der Waals surface area contributed by atoms with Crippen molar-refractivity contribution < 1.29 is 35.9 Å². The first kappa shape index (κ1) is 23.2. The van der Waals surface area contributed by atoms with E-state index in [1.165, 1.54) is 24.3 Å². The van der Waals surface area contributed by atoms with Crippen LogP contribution in [-0.4, -0.2) is 39.7 Å². The number of ether oxygens (including phenoxy) is 1. The van der Waals surface area contributed by atoms with E-state index < -0.39 is 40.2 Å². The minimum Gasteiger partial charge on any atom is -0.462 e. The van der Waals surface area contributed by atoms with Crippen LogP contribution in [0.25, 0.3) is 0 Å². The Morgan fingerprint density at radius 2 is 1.60 bits per heavy atom. The van der Waals surface area contributed by atoms with Crippen molar-refractivity contribution in [2.75, 3.05) is 29.0 Å². The Labute approximate surface area is 171 Å². The van der Waals surface area contributed by atoms with Gasteiger partial charge in [-0.05, 0) is 55.5 Å². The highest BCUT2D eigenvalue weighted by molar-refractivity contribution is 7.92. The minimum absolute atomic E-state index is 0.0849. The van der Waals surface area contributed by atoms with E-state index >= 15 is 0 Å². The number of carbonyl (C=O) groups excluding carboxylic acids is 2. The maximum atomic E-state index is 12.7. The van der Waals surface area contributed by atoms with E-state index in [-0.39, 0.29) is 17.9 Å². The Balaban J connectivity index is 2.14. The van der Waals surface area contributed by atoms with E-state index in [4.69, 9.17) is 4.74 Å². The van der Waals surface area contributed by atoms with E-state index in [9.17, 15) is 31.2 Å². The van der Waals surface area contributed by atoms with Crippen molar-refractivity contribution in [2.24, 2.45) is 0 Å². The number of rotatable bonds is 7. The lowest BCUT2D eigenvalue weighted by atomic mass is 10.2.